The topological polar surface area (TPSA) is 138 Å². The van der Waals surface area contributed by atoms with E-state index in [0.717, 1.165) is 25.7 Å². The van der Waals surface area contributed by atoms with E-state index in [0.29, 0.717) is 34.9 Å². The van der Waals surface area contributed by atoms with Gasteiger partial charge in [-0.25, -0.2) is 9.38 Å². The van der Waals surface area contributed by atoms with Crippen molar-refractivity contribution in [3.05, 3.63) is 82.3 Å². The monoisotopic (exact) mass is 585 g/mol. The van der Waals surface area contributed by atoms with Crippen molar-refractivity contribution in [1.29, 1.82) is 0 Å². The van der Waals surface area contributed by atoms with Crippen LogP contribution in [0.25, 0.3) is 0 Å². The molecule has 1 fully saturated rings. The lowest BCUT2D eigenvalue weighted by molar-refractivity contribution is -0.122. The molecular weight excluding hydrogens is 549 g/mol. The Kier molecular flexibility index (Phi) is 12.0. The molecule has 2 aromatic rings. The van der Waals surface area contributed by atoms with Crippen LogP contribution in [0.15, 0.2) is 64.7 Å². The predicted octanol–water partition coefficient (Wildman–Crippen LogP) is 3.94. The lowest BCUT2D eigenvalue weighted by Gasteiger charge is -2.29. The van der Waals surface area contributed by atoms with E-state index in [4.69, 9.17) is 22.1 Å². The third-order valence-corrected chi connectivity index (χ3v) is 7.30. The molecule has 0 aromatic heterocycles. The maximum atomic E-state index is 15.2. The van der Waals surface area contributed by atoms with E-state index in [1.54, 1.807) is 37.4 Å². The molecule has 0 bridgehead atoms. The summed E-state index contributed by atoms with van der Waals surface area (Å²) in [7, 11) is 3.07. The van der Waals surface area contributed by atoms with E-state index in [-0.39, 0.29) is 35.0 Å². The number of hydrogen-bond acceptors (Lipinski definition) is 6. The SMILES string of the molecule is C=C(/N=C(\C(N)=N/C)c1ccc(C(=O)N[C@H](CO)c2cccc(Cl)c2)c(F)c1)[C@H]1CC[C@H](NC(=O)CCOC)CC1. The Morgan fingerprint density at radius 3 is 2.56 bits per heavy atom. The zero-order valence-corrected chi connectivity index (χ0v) is 24.1. The number of aliphatic imine (C=N–C) groups is 2. The number of nitrogens with zero attached hydrogens (tertiary/aromatic N) is 2. The summed E-state index contributed by atoms with van der Waals surface area (Å²) in [4.78, 5) is 33.6. The molecule has 2 amide bonds. The molecule has 0 heterocycles. The molecule has 1 saturated carbocycles. The van der Waals surface area contributed by atoms with Gasteiger partial charge >= 0.3 is 0 Å². The molecule has 1 atom stereocenters. The Hall–Kier alpha value is -3.60. The van der Waals surface area contributed by atoms with Crippen molar-refractivity contribution in [3.63, 3.8) is 0 Å². The number of carbonyl (C=O) groups excluding carboxylic acids is 2. The Bertz CT molecular complexity index is 1310. The number of hydrogen-bond donors (Lipinski definition) is 4. The van der Waals surface area contributed by atoms with Crippen LogP contribution in [0.2, 0.25) is 5.02 Å². The standard InChI is InChI=1S/C30H37ClFN5O4/c1-18(19-7-10-23(11-8-19)36-27(39)13-14-41-3)35-28(29(33)34-2)21-9-12-24(25(32)16-21)30(40)37-26(17-38)20-5-4-6-22(31)15-20/h4-6,9,12,15-16,19,23,26,38H,1,7-8,10-11,13-14,17H2,2-3H3,(H2,33,34)(H,36,39)(H,37,40)/b35-28-/t19-,23-,26-/m1/s1. The molecule has 41 heavy (non-hydrogen) atoms. The summed E-state index contributed by atoms with van der Waals surface area (Å²) in [6.07, 6.45) is 3.45. The van der Waals surface area contributed by atoms with Gasteiger partial charge in [-0.1, -0.05) is 36.4 Å². The Morgan fingerprint density at radius 2 is 1.95 bits per heavy atom. The number of nitrogens with one attached hydrogen (secondary N) is 2. The normalized spacial score (nSPS) is 18.5. The van der Waals surface area contributed by atoms with Gasteiger partial charge in [0.1, 0.15) is 17.4 Å². The summed E-state index contributed by atoms with van der Waals surface area (Å²) in [5.74, 6) is -1.34. The Labute approximate surface area is 244 Å². The van der Waals surface area contributed by atoms with Gasteiger partial charge in [-0.2, -0.15) is 0 Å². The van der Waals surface area contributed by atoms with E-state index >= 15 is 4.39 Å². The molecule has 2 aromatic carbocycles. The lowest BCUT2D eigenvalue weighted by Crippen LogP contribution is -2.38. The van der Waals surface area contributed by atoms with Crippen molar-refractivity contribution in [1.82, 2.24) is 10.6 Å². The van der Waals surface area contributed by atoms with Crippen molar-refractivity contribution in [2.24, 2.45) is 21.6 Å². The number of aliphatic hydroxyl groups excluding tert-OH is 1. The quantitative estimate of drug-likeness (QED) is 0.221. The molecule has 0 unspecified atom stereocenters. The maximum absolute atomic E-state index is 15.2. The number of amides is 2. The molecule has 1 aliphatic rings. The molecule has 11 heteroatoms. The number of nitrogens with two attached hydrogens (primary N) is 1. The average molecular weight is 586 g/mol. The largest absolute Gasteiger partial charge is 0.394 e. The van der Waals surface area contributed by atoms with Crippen molar-refractivity contribution in [2.75, 3.05) is 27.4 Å². The summed E-state index contributed by atoms with van der Waals surface area (Å²) in [5, 5.41) is 15.9. The van der Waals surface area contributed by atoms with Gasteiger partial charge in [-0.15, -0.1) is 0 Å². The number of carbonyl (C=O) groups is 2. The second-order valence-corrected chi connectivity index (χ2v) is 10.3. The molecule has 220 valence electrons. The lowest BCUT2D eigenvalue weighted by atomic mass is 9.84. The van der Waals surface area contributed by atoms with Crippen LogP contribution in [0.3, 0.4) is 0 Å². The van der Waals surface area contributed by atoms with E-state index in [1.807, 2.05) is 0 Å². The average Bonchev–Trinajstić information content (AvgIpc) is 2.97. The number of amidine groups is 1. The minimum absolute atomic E-state index is 0.0307. The number of rotatable bonds is 12. The highest BCUT2D eigenvalue weighted by Crippen LogP contribution is 2.30. The number of aliphatic hydroxyl groups is 1. The van der Waals surface area contributed by atoms with Gasteiger partial charge in [0.2, 0.25) is 5.91 Å². The highest BCUT2D eigenvalue weighted by atomic mass is 35.5. The van der Waals surface area contributed by atoms with Gasteiger partial charge in [0.15, 0.2) is 0 Å². The fraction of sp³-hybridized carbons (Fsp3) is 0.400. The van der Waals surface area contributed by atoms with Crippen LogP contribution in [-0.2, 0) is 9.53 Å². The molecule has 3 rings (SSSR count). The van der Waals surface area contributed by atoms with Gasteiger partial charge in [0.05, 0.1) is 24.8 Å². The van der Waals surface area contributed by atoms with Crippen molar-refractivity contribution in [2.45, 2.75) is 44.2 Å². The first-order valence-corrected chi connectivity index (χ1v) is 13.8. The minimum Gasteiger partial charge on any atom is -0.394 e. The van der Waals surface area contributed by atoms with Gasteiger partial charge in [0.25, 0.3) is 5.91 Å². The maximum Gasteiger partial charge on any atom is 0.254 e. The number of ether oxygens (including phenoxy) is 1. The highest BCUT2D eigenvalue weighted by molar-refractivity contribution is 6.47. The first kappa shape index (κ1) is 31.9. The fourth-order valence-electron chi connectivity index (χ4n) is 4.72. The zero-order chi connectivity index (χ0) is 29.9. The second kappa shape index (κ2) is 15.4. The fourth-order valence-corrected chi connectivity index (χ4v) is 4.92. The van der Waals surface area contributed by atoms with E-state index in [2.05, 4.69) is 27.2 Å². The van der Waals surface area contributed by atoms with Crippen molar-refractivity contribution >= 4 is 35.0 Å². The van der Waals surface area contributed by atoms with Gasteiger partial charge in [-0.3, -0.25) is 14.6 Å². The van der Waals surface area contributed by atoms with Crippen LogP contribution in [0, 0.1) is 11.7 Å². The van der Waals surface area contributed by atoms with Gasteiger partial charge in [-0.05, 0) is 55.5 Å². The first-order chi connectivity index (χ1) is 19.7. The minimum atomic E-state index is -0.783. The van der Waals surface area contributed by atoms with E-state index < -0.39 is 24.4 Å². The first-order valence-electron chi connectivity index (χ1n) is 13.4. The third-order valence-electron chi connectivity index (χ3n) is 7.06. The molecule has 1 aliphatic carbocycles. The second-order valence-electron chi connectivity index (χ2n) is 9.88. The summed E-state index contributed by atoms with van der Waals surface area (Å²) in [6, 6.07) is 10.1. The predicted molar refractivity (Wildman–Crippen MR) is 159 cm³/mol. The summed E-state index contributed by atoms with van der Waals surface area (Å²) >= 11 is 6.02. The van der Waals surface area contributed by atoms with Crippen LogP contribution in [-0.4, -0.2) is 61.9 Å². The Morgan fingerprint density at radius 1 is 1.22 bits per heavy atom. The van der Waals surface area contributed by atoms with Crippen LogP contribution in [0.1, 0.15) is 59.6 Å². The summed E-state index contributed by atoms with van der Waals surface area (Å²) in [6.45, 7) is 4.13. The van der Waals surface area contributed by atoms with E-state index in [1.165, 1.54) is 19.2 Å². The number of halogens is 2. The van der Waals surface area contributed by atoms with Gasteiger partial charge < -0.3 is 26.2 Å². The van der Waals surface area contributed by atoms with Crippen LogP contribution >= 0.6 is 11.6 Å². The number of methoxy groups -OCH3 is 1. The Balaban J connectivity index is 1.72. The molecule has 0 radical (unpaired) electrons. The highest BCUT2D eigenvalue weighted by Gasteiger charge is 2.25. The van der Waals surface area contributed by atoms with E-state index in [9.17, 15) is 14.7 Å². The molecule has 9 nitrogen and oxygen atoms in total. The molecule has 0 spiro atoms. The van der Waals surface area contributed by atoms with Crippen LogP contribution < -0.4 is 16.4 Å². The van der Waals surface area contributed by atoms with Crippen LogP contribution in [0.4, 0.5) is 4.39 Å². The van der Waals surface area contributed by atoms with Gasteiger partial charge in [0, 0.05) is 48.8 Å². The zero-order valence-electron chi connectivity index (χ0n) is 23.3. The smallest absolute Gasteiger partial charge is 0.254 e. The molecule has 0 aliphatic heterocycles. The number of benzene rings is 2. The molecule has 0 saturated heterocycles. The molecular formula is C30H37ClFN5O4. The summed E-state index contributed by atoms with van der Waals surface area (Å²) in [5.41, 5.74) is 7.71. The molecule has 5 N–H and O–H groups in total. The third kappa shape index (κ3) is 8.94. The summed E-state index contributed by atoms with van der Waals surface area (Å²) < 4.78 is 20.2. The number of allylic oxidation sites excluding steroid dienone is 1. The van der Waals surface area contributed by atoms with Crippen molar-refractivity contribution in [3.8, 4) is 0 Å². The van der Waals surface area contributed by atoms with Crippen LogP contribution in [0.5, 0.6) is 0 Å². The van der Waals surface area contributed by atoms with Crippen molar-refractivity contribution < 1.29 is 23.8 Å².